The second-order valence-corrected chi connectivity index (χ2v) is 11.0. The van der Waals surface area contributed by atoms with Crippen molar-refractivity contribution < 1.29 is 17.6 Å². The highest BCUT2D eigenvalue weighted by atomic mass is 32.2. The molecular formula is C28H20FN5O3S2. The van der Waals surface area contributed by atoms with Crippen LogP contribution in [0.15, 0.2) is 101 Å². The van der Waals surface area contributed by atoms with Gasteiger partial charge in [0, 0.05) is 46.5 Å². The van der Waals surface area contributed by atoms with Crippen LogP contribution in [0.4, 0.5) is 15.2 Å². The van der Waals surface area contributed by atoms with E-state index in [1.165, 1.54) is 48.7 Å². The molecular weight excluding hydrogens is 537 g/mol. The smallest absolute Gasteiger partial charge is 0.266 e. The predicted octanol–water partition coefficient (Wildman–Crippen LogP) is 5.63. The van der Waals surface area contributed by atoms with E-state index in [4.69, 9.17) is 0 Å². The number of rotatable bonds is 8. The largest absolute Gasteiger partial charge is 0.342 e. The molecule has 1 amide bonds. The Balaban J connectivity index is 1.36. The van der Waals surface area contributed by atoms with Gasteiger partial charge >= 0.3 is 0 Å². The summed E-state index contributed by atoms with van der Waals surface area (Å²) in [6.07, 6.45) is 4.80. The van der Waals surface area contributed by atoms with E-state index in [1.807, 2.05) is 47.2 Å². The molecule has 0 atom stereocenters. The minimum absolute atomic E-state index is 0.00199. The average Bonchev–Trinajstić information content (AvgIpc) is 3.55. The maximum absolute atomic E-state index is 13.7. The molecule has 2 N–H and O–H groups in total. The van der Waals surface area contributed by atoms with Gasteiger partial charge in [-0.25, -0.2) is 17.8 Å². The molecule has 0 aliphatic carbocycles. The average molecular weight is 558 g/mol. The van der Waals surface area contributed by atoms with Crippen LogP contribution in [0.25, 0.3) is 17.0 Å². The van der Waals surface area contributed by atoms with Gasteiger partial charge in [-0.2, -0.15) is 5.26 Å². The lowest BCUT2D eigenvalue weighted by Crippen LogP contribution is -2.15. The second-order valence-electron chi connectivity index (χ2n) is 8.45. The van der Waals surface area contributed by atoms with Crippen molar-refractivity contribution in [3.05, 3.63) is 113 Å². The van der Waals surface area contributed by atoms with Gasteiger partial charge in [-0.3, -0.25) is 9.52 Å². The van der Waals surface area contributed by atoms with Gasteiger partial charge in [0.25, 0.3) is 15.9 Å². The van der Waals surface area contributed by atoms with Crippen LogP contribution < -0.4 is 10.0 Å². The van der Waals surface area contributed by atoms with E-state index >= 15 is 0 Å². The number of nitrogens with one attached hydrogen (secondary N) is 2. The molecule has 39 heavy (non-hydrogen) atoms. The van der Waals surface area contributed by atoms with Gasteiger partial charge < -0.3 is 9.88 Å². The molecule has 2 aromatic heterocycles. The van der Waals surface area contributed by atoms with Crippen molar-refractivity contribution in [2.75, 3.05) is 10.0 Å². The summed E-state index contributed by atoms with van der Waals surface area (Å²) in [6, 6.07) is 21.4. The number of nitriles is 1. The van der Waals surface area contributed by atoms with Gasteiger partial charge in [-0.15, -0.1) is 11.3 Å². The van der Waals surface area contributed by atoms with Crippen molar-refractivity contribution in [3.8, 4) is 6.07 Å². The van der Waals surface area contributed by atoms with Gasteiger partial charge in [0.2, 0.25) is 0 Å². The van der Waals surface area contributed by atoms with Crippen LogP contribution in [0.3, 0.4) is 0 Å². The van der Waals surface area contributed by atoms with Crippen molar-refractivity contribution in [1.29, 1.82) is 5.26 Å². The first-order chi connectivity index (χ1) is 18.8. The molecule has 0 unspecified atom stereocenters. The van der Waals surface area contributed by atoms with E-state index < -0.39 is 15.9 Å². The highest BCUT2D eigenvalue weighted by Gasteiger charge is 2.17. The molecule has 0 radical (unpaired) electrons. The minimum atomic E-state index is -3.84. The summed E-state index contributed by atoms with van der Waals surface area (Å²) in [5.41, 5.74) is 2.49. The Kier molecular flexibility index (Phi) is 7.23. The van der Waals surface area contributed by atoms with Crippen LogP contribution in [0.1, 0.15) is 11.1 Å². The summed E-state index contributed by atoms with van der Waals surface area (Å²) in [5, 5.41) is 15.1. The highest BCUT2D eigenvalue weighted by molar-refractivity contribution is 7.93. The van der Waals surface area contributed by atoms with E-state index in [2.05, 4.69) is 15.0 Å². The summed E-state index contributed by atoms with van der Waals surface area (Å²) >= 11 is 1.15. The molecule has 0 aliphatic heterocycles. The number of hydrogen-bond acceptors (Lipinski definition) is 6. The van der Waals surface area contributed by atoms with Gasteiger partial charge in [0.05, 0.1) is 4.90 Å². The zero-order valence-electron chi connectivity index (χ0n) is 20.2. The lowest BCUT2D eigenvalue weighted by molar-refractivity contribution is -0.112. The molecule has 0 saturated heterocycles. The maximum Gasteiger partial charge on any atom is 0.266 e. The molecule has 5 rings (SSSR count). The summed E-state index contributed by atoms with van der Waals surface area (Å²) in [7, 11) is -3.84. The number of hydrogen-bond donors (Lipinski definition) is 2. The number of thiazole rings is 1. The highest BCUT2D eigenvalue weighted by Crippen LogP contribution is 2.25. The Bertz CT molecular complexity index is 1840. The number of fused-ring (bicyclic) bond motifs is 1. The first-order valence-electron chi connectivity index (χ1n) is 11.6. The van der Waals surface area contributed by atoms with Gasteiger partial charge in [-0.05, 0) is 54.1 Å². The number of aromatic nitrogens is 2. The predicted molar refractivity (Wildman–Crippen MR) is 149 cm³/mol. The van der Waals surface area contributed by atoms with Crippen LogP contribution in [-0.2, 0) is 21.4 Å². The second kappa shape index (κ2) is 10.9. The Morgan fingerprint density at radius 3 is 2.62 bits per heavy atom. The van der Waals surface area contributed by atoms with Crippen LogP contribution in [-0.4, -0.2) is 23.9 Å². The molecule has 0 aliphatic rings. The molecule has 5 aromatic rings. The fraction of sp³-hybridized carbons (Fsp3) is 0.0357. The zero-order chi connectivity index (χ0) is 27.4. The van der Waals surface area contributed by atoms with Crippen molar-refractivity contribution in [1.82, 2.24) is 9.55 Å². The van der Waals surface area contributed by atoms with Crippen molar-refractivity contribution in [3.63, 3.8) is 0 Å². The summed E-state index contributed by atoms with van der Waals surface area (Å²) in [5.74, 6) is -0.968. The number of sulfonamides is 1. The summed E-state index contributed by atoms with van der Waals surface area (Å²) < 4.78 is 43.1. The standard InChI is InChI=1S/C28H20FN5O3S2/c29-22-5-3-4-19(14-22)17-34-18-21(25-6-1-2-7-26(25)34)15-20(16-30)27(35)32-23-8-10-24(11-9-23)39(36,37)33-28-31-12-13-38-28/h1-15,18H,17H2,(H,31,33)(H,32,35). The van der Waals surface area contributed by atoms with E-state index in [9.17, 15) is 22.9 Å². The molecule has 0 fully saturated rings. The van der Waals surface area contributed by atoms with Crippen LogP contribution >= 0.6 is 11.3 Å². The third-order valence-corrected chi connectivity index (χ3v) is 7.98. The van der Waals surface area contributed by atoms with Gasteiger partial charge in [0.1, 0.15) is 17.5 Å². The summed E-state index contributed by atoms with van der Waals surface area (Å²) in [6.45, 7) is 0.410. The van der Waals surface area contributed by atoms with Crippen molar-refractivity contribution >= 4 is 55.1 Å². The van der Waals surface area contributed by atoms with Crippen LogP contribution in [0.5, 0.6) is 0 Å². The Hall–Kier alpha value is -4.79. The number of carbonyl (C=O) groups is 1. The molecule has 0 spiro atoms. The minimum Gasteiger partial charge on any atom is -0.342 e. The van der Waals surface area contributed by atoms with Crippen molar-refractivity contribution in [2.24, 2.45) is 0 Å². The quantitative estimate of drug-likeness (QED) is 0.189. The molecule has 11 heteroatoms. The number of para-hydroxylation sites is 1. The van der Waals surface area contributed by atoms with Gasteiger partial charge in [-0.1, -0.05) is 30.3 Å². The van der Waals surface area contributed by atoms with E-state index in [0.29, 0.717) is 17.8 Å². The summed E-state index contributed by atoms with van der Waals surface area (Å²) in [4.78, 5) is 16.8. The fourth-order valence-corrected chi connectivity index (χ4v) is 5.81. The number of carbonyl (C=O) groups excluding carboxylic acids is 1. The molecule has 2 heterocycles. The molecule has 0 saturated carbocycles. The third-order valence-electron chi connectivity index (χ3n) is 5.80. The molecule has 3 aromatic carbocycles. The third kappa shape index (κ3) is 5.87. The SMILES string of the molecule is N#CC(=Cc1cn(Cc2cccc(F)c2)c2ccccc12)C(=O)Nc1ccc(S(=O)(=O)Nc2nccs2)cc1. The van der Waals surface area contributed by atoms with Crippen LogP contribution in [0, 0.1) is 17.1 Å². The van der Waals surface area contributed by atoms with Crippen LogP contribution in [0.2, 0.25) is 0 Å². The first kappa shape index (κ1) is 25.8. The van der Waals surface area contributed by atoms with E-state index in [0.717, 1.165) is 27.8 Å². The number of nitrogens with zero attached hydrogens (tertiary/aromatic N) is 3. The normalized spacial score (nSPS) is 11.7. The first-order valence-corrected chi connectivity index (χ1v) is 14.0. The lowest BCUT2D eigenvalue weighted by atomic mass is 10.1. The number of anilines is 2. The Labute approximate surface area is 227 Å². The Morgan fingerprint density at radius 1 is 1.10 bits per heavy atom. The number of benzene rings is 3. The van der Waals surface area contributed by atoms with Crippen molar-refractivity contribution in [2.45, 2.75) is 11.4 Å². The number of amides is 1. The fourth-order valence-electron chi connectivity index (χ4n) is 4.02. The topological polar surface area (TPSA) is 117 Å². The molecule has 8 nitrogen and oxygen atoms in total. The zero-order valence-corrected chi connectivity index (χ0v) is 21.8. The monoisotopic (exact) mass is 557 g/mol. The molecule has 0 bridgehead atoms. The van der Waals surface area contributed by atoms with E-state index in [1.54, 1.807) is 11.4 Å². The Morgan fingerprint density at radius 2 is 1.90 bits per heavy atom. The van der Waals surface area contributed by atoms with E-state index in [-0.39, 0.29) is 21.4 Å². The lowest BCUT2D eigenvalue weighted by Gasteiger charge is -2.07. The maximum atomic E-state index is 13.7. The van der Waals surface area contributed by atoms with Gasteiger partial charge in [0.15, 0.2) is 5.13 Å². The number of halogens is 1. The molecule has 194 valence electrons.